The van der Waals surface area contributed by atoms with Gasteiger partial charge in [-0.3, -0.25) is 4.79 Å². The van der Waals surface area contributed by atoms with Crippen LogP contribution >= 0.6 is 0 Å². The number of aliphatic hydroxyl groups excluding tert-OH is 1. The lowest BCUT2D eigenvalue weighted by atomic mass is 9.82. The van der Waals surface area contributed by atoms with E-state index in [1.807, 2.05) is 24.3 Å². The van der Waals surface area contributed by atoms with Crippen LogP contribution in [0.5, 0.6) is 5.75 Å². The highest BCUT2D eigenvalue weighted by Crippen LogP contribution is 2.38. The standard InChI is InChI=1S/C18H22N2O6/c1-11-16(21)18(23,9-20-17(22)15-8-19-10-25-15)7-14(26-11)12-4-3-5-13(6-12)24-2/h3-6,8,10-11,14,16,21,23H,7,9H2,1-2H3,(H,20,22)/t11-,14-,16-,18-/m1/s1. The summed E-state index contributed by atoms with van der Waals surface area (Å²) in [5.74, 6) is 0.194. The Bertz CT molecular complexity index is 750. The molecule has 26 heavy (non-hydrogen) atoms. The van der Waals surface area contributed by atoms with Gasteiger partial charge in [-0.2, -0.15) is 0 Å². The SMILES string of the molecule is COc1cccc([C@H]2C[C@@](O)(CNC(=O)c3cnco3)[C@H](O)[C@@H](C)O2)c1. The summed E-state index contributed by atoms with van der Waals surface area (Å²) in [5.41, 5.74) is -0.732. The lowest BCUT2D eigenvalue weighted by molar-refractivity contribution is -0.210. The zero-order valence-electron chi connectivity index (χ0n) is 14.6. The molecule has 8 nitrogen and oxygen atoms in total. The van der Waals surface area contributed by atoms with E-state index >= 15 is 0 Å². The topological polar surface area (TPSA) is 114 Å². The van der Waals surface area contributed by atoms with Crippen molar-refractivity contribution in [3.8, 4) is 5.75 Å². The van der Waals surface area contributed by atoms with E-state index < -0.39 is 29.8 Å². The van der Waals surface area contributed by atoms with Crippen LogP contribution in [-0.4, -0.2) is 52.6 Å². The summed E-state index contributed by atoms with van der Waals surface area (Å²) >= 11 is 0. The molecule has 0 aliphatic carbocycles. The Morgan fingerprint density at radius 3 is 3.00 bits per heavy atom. The number of benzene rings is 1. The minimum absolute atomic E-state index is 0.0348. The molecule has 1 aromatic heterocycles. The van der Waals surface area contributed by atoms with E-state index in [4.69, 9.17) is 13.9 Å². The largest absolute Gasteiger partial charge is 0.497 e. The number of aliphatic hydroxyl groups is 2. The van der Waals surface area contributed by atoms with Crippen molar-refractivity contribution in [2.75, 3.05) is 13.7 Å². The Balaban J connectivity index is 1.75. The van der Waals surface area contributed by atoms with Crippen LogP contribution in [0.4, 0.5) is 0 Å². The maximum atomic E-state index is 12.0. The maximum Gasteiger partial charge on any atom is 0.288 e. The normalized spacial score (nSPS) is 28.5. The van der Waals surface area contributed by atoms with Gasteiger partial charge in [0.05, 0.1) is 25.5 Å². The van der Waals surface area contributed by atoms with Crippen molar-refractivity contribution in [2.24, 2.45) is 0 Å². The van der Waals surface area contributed by atoms with E-state index in [1.165, 1.54) is 6.20 Å². The van der Waals surface area contributed by atoms with Crippen LogP contribution in [0.2, 0.25) is 0 Å². The third-order valence-corrected chi connectivity index (χ3v) is 4.59. The zero-order valence-corrected chi connectivity index (χ0v) is 14.6. The van der Waals surface area contributed by atoms with Crippen molar-refractivity contribution in [2.45, 2.75) is 37.3 Å². The number of amides is 1. The maximum absolute atomic E-state index is 12.0. The van der Waals surface area contributed by atoms with Gasteiger partial charge >= 0.3 is 0 Å². The molecule has 1 aliphatic heterocycles. The lowest BCUT2D eigenvalue weighted by Gasteiger charge is -2.44. The smallest absolute Gasteiger partial charge is 0.288 e. The average molecular weight is 362 g/mol. The van der Waals surface area contributed by atoms with E-state index in [0.717, 1.165) is 12.0 Å². The van der Waals surface area contributed by atoms with Crippen molar-refractivity contribution in [1.29, 1.82) is 0 Å². The van der Waals surface area contributed by atoms with Crippen molar-refractivity contribution >= 4 is 5.91 Å². The number of nitrogens with one attached hydrogen (secondary N) is 1. The molecule has 1 aromatic carbocycles. The van der Waals surface area contributed by atoms with E-state index in [-0.39, 0.29) is 18.7 Å². The van der Waals surface area contributed by atoms with E-state index in [1.54, 1.807) is 14.0 Å². The van der Waals surface area contributed by atoms with Crippen LogP contribution in [0.15, 0.2) is 41.3 Å². The van der Waals surface area contributed by atoms with Gasteiger partial charge < -0.3 is 29.4 Å². The van der Waals surface area contributed by atoms with Gasteiger partial charge in [-0.05, 0) is 24.6 Å². The van der Waals surface area contributed by atoms with E-state index in [9.17, 15) is 15.0 Å². The number of hydrogen-bond acceptors (Lipinski definition) is 7. The van der Waals surface area contributed by atoms with E-state index in [0.29, 0.717) is 5.75 Å². The number of oxazole rings is 1. The second-order valence-electron chi connectivity index (χ2n) is 6.41. The Labute approximate surface area is 150 Å². The Morgan fingerprint density at radius 1 is 1.50 bits per heavy atom. The van der Waals surface area contributed by atoms with E-state index in [2.05, 4.69) is 10.3 Å². The zero-order chi connectivity index (χ0) is 18.7. The third-order valence-electron chi connectivity index (χ3n) is 4.59. The predicted molar refractivity (Wildman–Crippen MR) is 90.7 cm³/mol. The van der Waals surface area contributed by atoms with Crippen LogP contribution in [0, 0.1) is 0 Å². The van der Waals surface area contributed by atoms with Gasteiger partial charge in [-0.25, -0.2) is 4.98 Å². The van der Waals surface area contributed by atoms with Gasteiger partial charge in [-0.1, -0.05) is 12.1 Å². The average Bonchev–Trinajstić information content (AvgIpc) is 3.19. The fourth-order valence-corrected chi connectivity index (χ4v) is 3.12. The second kappa shape index (κ2) is 7.45. The molecule has 0 spiro atoms. The summed E-state index contributed by atoms with van der Waals surface area (Å²) < 4.78 is 16.0. The molecule has 2 aromatic rings. The summed E-state index contributed by atoms with van der Waals surface area (Å²) in [7, 11) is 1.57. The van der Waals surface area contributed by atoms with Crippen LogP contribution in [0.3, 0.4) is 0 Å². The first kappa shape index (κ1) is 18.4. The van der Waals surface area contributed by atoms with Gasteiger partial charge in [0.15, 0.2) is 6.39 Å². The molecule has 140 valence electrons. The number of hydrogen-bond donors (Lipinski definition) is 3. The summed E-state index contributed by atoms with van der Waals surface area (Å²) in [6.45, 7) is 1.53. The Hall–Kier alpha value is -2.42. The lowest BCUT2D eigenvalue weighted by Crippen LogP contribution is -2.59. The number of nitrogens with zero attached hydrogens (tertiary/aromatic N) is 1. The second-order valence-corrected chi connectivity index (χ2v) is 6.41. The number of aromatic nitrogens is 1. The van der Waals surface area contributed by atoms with Crippen molar-refractivity contribution < 1.29 is 28.9 Å². The molecule has 2 heterocycles. The summed E-state index contributed by atoms with van der Waals surface area (Å²) in [5, 5.41) is 24.0. The van der Waals surface area contributed by atoms with Gasteiger partial charge in [0, 0.05) is 13.0 Å². The molecule has 8 heteroatoms. The first-order valence-electron chi connectivity index (χ1n) is 8.29. The van der Waals surface area contributed by atoms with Crippen LogP contribution < -0.4 is 10.1 Å². The molecule has 1 amide bonds. The minimum atomic E-state index is -1.55. The molecule has 0 unspecified atom stereocenters. The minimum Gasteiger partial charge on any atom is -0.497 e. The molecule has 0 radical (unpaired) electrons. The highest BCUT2D eigenvalue weighted by Gasteiger charge is 2.47. The molecule has 1 saturated heterocycles. The number of carbonyl (C=O) groups excluding carboxylic acids is 1. The number of rotatable bonds is 5. The molecule has 1 fully saturated rings. The molecule has 3 N–H and O–H groups in total. The van der Waals surface area contributed by atoms with Crippen LogP contribution in [0.1, 0.15) is 35.6 Å². The quantitative estimate of drug-likeness (QED) is 0.728. The summed E-state index contributed by atoms with van der Waals surface area (Å²) in [4.78, 5) is 15.7. The number of methoxy groups -OCH3 is 1. The molecule has 3 rings (SSSR count). The van der Waals surface area contributed by atoms with Gasteiger partial charge in [-0.15, -0.1) is 0 Å². The summed E-state index contributed by atoms with van der Waals surface area (Å²) in [6, 6.07) is 7.33. The fourth-order valence-electron chi connectivity index (χ4n) is 3.12. The third kappa shape index (κ3) is 3.72. The van der Waals surface area contributed by atoms with Gasteiger partial charge in [0.25, 0.3) is 5.91 Å². The first-order valence-corrected chi connectivity index (χ1v) is 8.29. The molecule has 4 atom stereocenters. The monoisotopic (exact) mass is 362 g/mol. The first-order chi connectivity index (χ1) is 12.4. The Kier molecular flexibility index (Phi) is 5.26. The molecule has 0 bridgehead atoms. The summed E-state index contributed by atoms with van der Waals surface area (Å²) in [6.07, 6.45) is 0.319. The Morgan fingerprint density at radius 2 is 2.31 bits per heavy atom. The van der Waals surface area contributed by atoms with Gasteiger partial charge in [0.1, 0.15) is 17.5 Å². The van der Waals surface area contributed by atoms with Crippen LogP contribution in [0.25, 0.3) is 0 Å². The van der Waals surface area contributed by atoms with Crippen molar-refractivity contribution in [3.05, 3.63) is 48.2 Å². The predicted octanol–water partition coefficient (Wildman–Crippen LogP) is 1.06. The van der Waals surface area contributed by atoms with Gasteiger partial charge in [0.2, 0.25) is 5.76 Å². The fraction of sp³-hybridized carbons (Fsp3) is 0.444. The molecule has 0 saturated carbocycles. The number of ether oxygens (including phenoxy) is 2. The highest BCUT2D eigenvalue weighted by molar-refractivity contribution is 5.91. The molecular formula is C18H22N2O6. The van der Waals surface area contributed by atoms with Crippen molar-refractivity contribution in [1.82, 2.24) is 10.3 Å². The van der Waals surface area contributed by atoms with Crippen LogP contribution in [-0.2, 0) is 4.74 Å². The highest BCUT2D eigenvalue weighted by atomic mass is 16.5. The molecule has 1 aliphatic rings. The molecular weight excluding hydrogens is 340 g/mol. The van der Waals surface area contributed by atoms with Crippen molar-refractivity contribution in [3.63, 3.8) is 0 Å². The number of carbonyl (C=O) groups is 1.